The van der Waals surface area contributed by atoms with Crippen LogP contribution in [0.25, 0.3) is 0 Å². The summed E-state index contributed by atoms with van der Waals surface area (Å²) in [5.41, 5.74) is 1.99. The van der Waals surface area contributed by atoms with E-state index in [-0.39, 0.29) is 6.03 Å². The van der Waals surface area contributed by atoms with Gasteiger partial charge in [-0.05, 0) is 49.4 Å². The van der Waals surface area contributed by atoms with Crippen molar-refractivity contribution in [2.24, 2.45) is 5.92 Å². The third kappa shape index (κ3) is 4.51. The predicted molar refractivity (Wildman–Crippen MR) is 99.5 cm³/mol. The average Bonchev–Trinajstić information content (AvgIpc) is 2.63. The first-order valence-electron chi connectivity index (χ1n) is 8.38. The molecule has 1 N–H and O–H groups in total. The molecule has 1 aromatic carbocycles. The molecule has 0 aliphatic carbocycles. The number of nitrogens with zero attached hydrogens (tertiary/aromatic N) is 2. The van der Waals surface area contributed by atoms with Crippen molar-refractivity contribution >= 4 is 23.5 Å². The van der Waals surface area contributed by atoms with Crippen LogP contribution < -0.4 is 5.32 Å². The van der Waals surface area contributed by atoms with Gasteiger partial charge in [-0.1, -0.05) is 24.3 Å². The Morgan fingerprint density at radius 1 is 1.21 bits per heavy atom. The molecule has 0 radical (unpaired) electrons. The number of hydrogen-bond donors (Lipinski definition) is 1. The zero-order valence-electron chi connectivity index (χ0n) is 13.9. The fourth-order valence-corrected chi connectivity index (χ4v) is 3.90. The lowest BCUT2D eigenvalue weighted by Gasteiger charge is -2.32. The summed E-state index contributed by atoms with van der Waals surface area (Å²) in [5, 5.41) is 4.11. The molecule has 3 rings (SSSR count). The molecule has 2 heterocycles. The van der Waals surface area contributed by atoms with Crippen molar-refractivity contribution in [3.05, 3.63) is 54.2 Å². The van der Waals surface area contributed by atoms with E-state index in [2.05, 4.69) is 16.4 Å². The molecule has 0 spiro atoms. The number of piperidine rings is 1. The molecular formula is C19H23N3OS. The van der Waals surface area contributed by atoms with Crippen LogP contribution in [-0.4, -0.2) is 34.8 Å². The van der Waals surface area contributed by atoms with Gasteiger partial charge in [0.25, 0.3) is 0 Å². The molecule has 0 atom stereocenters. The molecule has 0 saturated carbocycles. The van der Waals surface area contributed by atoms with Crippen molar-refractivity contribution in [1.82, 2.24) is 9.88 Å². The van der Waals surface area contributed by atoms with Crippen LogP contribution in [0.4, 0.5) is 10.5 Å². The molecule has 0 unspecified atom stereocenters. The number of aromatic nitrogens is 1. The lowest BCUT2D eigenvalue weighted by atomic mass is 9.99. The second-order valence-corrected chi connectivity index (χ2v) is 7.19. The van der Waals surface area contributed by atoms with Crippen LogP contribution in [0, 0.1) is 12.8 Å². The Labute approximate surface area is 147 Å². The summed E-state index contributed by atoms with van der Waals surface area (Å²) in [7, 11) is 0. The summed E-state index contributed by atoms with van der Waals surface area (Å²) in [6.45, 7) is 3.66. The zero-order valence-corrected chi connectivity index (χ0v) is 14.8. The summed E-state index contributed by atoms with van der Waals surface area (Å²) >= 11 is 1.81. The number of rotatable bonds is 4. The molecule has 1 fully saturated rings. The summed E-state index contributed by atoms with van der Waals surface area (Å²) in [6, 6.07) is 13.9. The Morgan fingerprint density at radius 2 is 1.96 bits per heavy atom. The van der Waals surface area contributed by atoms with E-state index in [4.69, 9.17) is 0 Å². The second-order valence-electron chi connectivity index (χ2n) is 6.15. The van der Waals surface area contributed by atoms with Gasteiger partial charge in [-0.3, -0.25) is 0 Å². The van der Waals surface area contributed by atoms with E-state index in [1.54, 1.807) is 0 Å². The van der Waals surface area contributed by atoms with E-state index in [9.17, 15) is 4.79 Å². The van der Waals surface area contributed by atoms with Gasteiger partial charge < -0.3 is 10.2 Å². The first kappa shape index (κ1) is 16.8. The van der Waals surface area contributed by atoms with E-state index < -0.39 is 0 Å². The number of nitrogens with one attached hydrogen (secondary N) is 1. The molecular weight excluding hydrogens is 318 g/mol. The number of pyridine rings is 1. The molecule has 5 heteroatoms. The monoisotopic (exact) mass is 341 g/mol. The van der Waals surface area contributed by atoms with Gasteiger partial charge in [0.1, 0.15) is 0 Å². The number of thioether (sulfide) groups is 1. The smallest absolute Gasteiger partial charge is 0.321 e. The Morgan fingerprint density at radius 3 is 2.67 bits per heavy atom. The SMILES string of the molecule is Cc1ccccc1NC(=O)N1CCC(CSc2ccccn2)CC1. The Hall–Kier alpha value is -2.01. The first-order valence-corrected chi connectivity index (χ1v) is 9.36. The molecule has 4 nitrogen and oxygen atoms in total. The number of carbonyl (C=O) groups excluding carboxylic acids is 1. The standard InChI is InChI=1S/C19H23N3OS/c1-15-6-2-3-7-17(15)21-19(23)22-12-9-16(10-13-22)14-24-18-8-4-5-11-20-18/h2-8,11,16H,9-10,12-14H2,1H3,(H,21,23). The maximum atomic E-state index is 12.4. The van der Waals surface area contributed by atoms with Crippen LogP contribution in [0.2, 0.25) is 0 Å². The minimum absolute atomic E-state index is 0.0140. The number of likely N-dealkylation sites (tertiary alicyclic amines) is 1. The topological polar surface area (TPSA) is 45.2 Å². The summed E-state index contributed by atoms with van der Waals surface area (Å²) < 4.78 is 0. The number of para-hydroxylation sites is 1. The van der Waals surface area contributed by atoms with Gasteiger partial charge in [-0.15, -0.1) is 11.8 Å². The molecule has 1 saturated heterocycles. The van der Waals surface area contributed by atoms with Gasteiger partial charge in [-0.2, -0.15) is 0 Å². The first-order chi connectivity index (χ1) is 11.7. The minimum Gasteiger partial charge on any atom is -0.325 e. The molecule has 1 aliphatic heterocycles. The maximum Gasteiger partial charge on any atom is 0.321 e. The largest absolute Gasteiger partial charge is 0.325 e. The average molecular weight is 341 g/mol. The van der Waals surface area contributed by atoms with Crippen molar-refractivity contribution in [3.63, 3.8) is 0 Å². The number of hydrogen-bond acceptors (Lipinski definition) is 3. The maximum absolute atomic E-state index is 12.4. The van der Waals surface area contributed by atoms with Crippen LogP contribution in [-0.2, 0) is 0 Å². The van der Waals surface area contributed by atoms with Gasteiger partial charge in [0.05, 0.1) is 5.03 Å². The van der Waals surface area contributed by atoms with E-state index in [0.717, 1.165) is 48.0 Å². The summed E-state index contributed by atoms with van der Waals surface area (Å²) in [4.78, 5) is 18.7. The van der Waals surface area contributed by atoms with Gasteiger partial charge in [0.15, 0.2) is 0 Å². The molecule has 126 valence electrons. The van der Waals surface area contributed by atoms with E-state index >= 15 is 0 Å². The Bertz CT molecular complexity index is 669. The van der Waals surface area contributed by atoms with Crippen LogP contribution in [0.5, 0.6) is 0 Å². The van der Waals surface area contributed by atoms with Crippen LogP contribution >= 0.6 is 11.8 Å². The van der Waals surface area contributed by atoms with Crippen LogP contribution in [0.15, 0.2) is 53.7 Å². The molecule has 2 aromatic rings. The van der Waals surface area contributed by atoms with Crippen molar-refractivity contribution in [1.29, 1.82) is 0 Å². The lowest BCUT2D eigenvalue weighted by molar-refractivity contribution is 0.187. The number of amides is 2. The van der Waals surface area contributed by atoms with E-state index in [0.29, 0.717) is 5.92 Å². The molecule has 24 heavy (non-hydrogen) atoms. The minimum atomic E-state index is 0.0140. The highest BCUT2D eigenvalue weighted by atomic mass is 32.2. The van der Waals surface area contributed by atoms with Crippen molar-refractivity contribution < 1.29 is 4.79 Å². The zero-order chi connectivity index (χ0) is 16.8. The second kappa shape index (κ2) is 8.20. The molecule has 1 aliphatic rings. The normalized spacial score (nSPS) is 15.3. The Balaban J connectivity index is 1.44. The van der Waals surface area contributed by atoms with Crippen molar-refractivity contribution in [2.75, 3.05) is 24.2 Å². The van der Waals surface area contributed by atoms with Gasteiger partial charge in [-0.25, -0.2) is 9.78 Å². The molecule has 0 bridgehead atoms. The summed E-state index contributed by atoms with van der Waals surface area (Å²) in [6.07, 6.45) is 3.95. The summed E-state index contributed by atoms with van der Waals surface area (Å²) in [5.74, 6) is 1.73. The van der Waals surface area contributed by atoms with Gasteiger partial charge in [0.2, 0.25) is 0 Å². The fourth-order valence-electron chi connectivity index (χ4n) is 2.85. The fraction of sp³-hybridized carbons (Fsp3) is 0.368. The highest BCUT2D eigenvalue weighted by Crippen LogP contribution is 2.25. The lowest BCUT2D eigenvalue weighted by Crippen LogP contribution is -2.41. The number of aryl methyl sites for hydroxylation is 1. The van der Waals surface area contributed by atoms with Crippen LogP contribution in [0.3, 0.4) is 0 Å². The number of benzene rings is 1. The highest BCUT2D eigenvalue weighted by molar-refractivity contribution is 7.99. The number of anilines is 1. The third-order valence-electron chi connectivity index (χ3n) is 4.39. The third-order valence-corrected chi connectivity index (χ3v) is 5.57. The van der Waals surface area contributed by atoms with Gasteiger partial charge >= 0.3 is 6.03 Å². The van der Waals surface area contributed by atoms with Crippen molar-refractivity contribution in [3.8, 4) is 0 Å². The molecule has 1 aromatic heterocycles. The highest BCUT2D eigenvalue weighted by Gasteiger charge is 2.23. The Kier molecular flexibility index (Phi) is 5.75. The number of urea groups is 1. The van der Waals surface area contributed by atoms with E-state index in [1.807, 2.05) is 66.2 Å². The van der Waals surface area contributed by atoms with Crippen LogP contribution in [0.1, 0.15) is 18.4 Å². The quantitative estimate of drug-likeness (QED) is 0.837. The number of carbonyl (C=O) groups is 1. The predicted octanol–water partition coefficient (Wildman–Crippen LogP) is 4.43. The van der Waals surface area contributed by atoms with Gasteiger partial charge in [0, 0.05) is 30.7 Å². The molecule has 2 amide bonds. The van der Waals surface area contributed by atoms with Crippen molar-refractivity contribution in [2.45, 2.75) is 24.8 Å². The van der Waals surface area contributed by atoms with E-state index in [1.165, 1.54) is 0 Å².